The molecule has 0 aliphatic carbocycles. The molecule has 86 valence electrons. The van der Waals surface area contributed by atoms with E-state index in [1.807, 2.05) is 0 Å². The molecule has 16 heavy (non-hydrogen) atoms. The van der Waals surface area contributed by atoms with Crippen molar-refractivity contribution < 1.29 is 18.0 Å². The lowest BCUT2D eigenvalue weighted by molar-refractivity contribution is -0.144. The normalized spacial score (nSPS) is 12.3. The molecule has 0 amide bonds. The molecule has 0 spiro atoms. The summed E-state index contributed by atoms with van der Waals surface area (Å²) in [5, 5.41) is 3.33. The summed E-state index contributed by atoms with van der Waals surface area (Å²) in [6.07, 6.45) is -4.56. The summed E-state index contributed by atoms with van der Waals surface area (Å²) in [4.78, 5) is 14.9. The van der Waals surface area contributed by atoms with Gasteiger partial charge in [0.25, 0.3) is 5.82 Å². The van der Waals surface area contributed by atoms with Crippen molar-refractivity contribution >= 4 is 22.1 Å². The van der Waals surface area contributed by atoms with E-state index in [2.05, 4.69) is 10.1 Å². The molecule has 8 heteroatoms. The van der Waals surface area contributed by atoms with Gasteiger partial charge in [-0.2, -0.15) is 18.2 Å². The third-order valence-corrected chi connectivity index (χ3v) is 3.22. The molecule has 2 heterocycles. The summed E-state index contributed by atoms with van der Waals surface area (Å²) >= 11 is 0.909. The van der Waals surface area contributed by atoms with Crippen LogP contribution >= 0.6 is 11.3 Å². The van der Waals surface area contributed by atoms with Gasteiger partial charge in [-0.3, -0.25) is 4.79 Å². The number of alkyl halides is 3. The summed E-state index contributed by atoms with van der Waals surface area (Å²) in [6.45, 7) is 2.89. The lowest BCUT2D eigenvalue weighted by Gasteiger charge is -1.98. The molecular weight excluding hydrogens is 243 g/mol. The molecule has 4 nitrogen and oxygen atoms in total. The van der Waals surface area contributed by atoms with Crippen molar-refractivity contribution in [3.63, 3.8) is 0 Å². The molecule has 2 aromatic heterocycles. The fourth-order valence-electron chi connectivity index (χ4n) is 1.29. The molecule has 2 rings (SSSR count). The van der Waals surface area contributed by atoms with Gasteiger partial charge < -0.3 is 0 Å². The van der Waals surface area contributed by atoms with Crippen LogP contribution in [0.4, 0.5) is 13.2 Å². The van der Waals surface area contributed by atoms with Gasteiger partial charge >= 0.3 is 6.18 Å². The second-order valence-electron chi connectivity index (χ2n) is 3.20. The van der Waals surface area contributed by atoms with Crippen LogP contribution in [0.15, 0.2) is 0 Å². The third-order valence-electron chi connectivity index (χ3n) is 1.99. The highest BCUT2D eigenvalue weighted by atomic mass is 32.1. The molecule has 0 unspecified atom stereocenters. The van der Waals surface area contributed by atoms with E-state index in [1.165, 1.54) is 13.8 Å². The minimum atomic E-state index is -4.56. The van der Waals surface area contributed by atoms with Crippen LogP contribution in [0, 0.1) is 6.92 Å². The van der Waals surface area contributed by atoms with Gasteiger partial charge in [-0.05, 0) is 6.92 Å². The van der Waals surface area contributed by atoms with E-state index >= 15 is 0 Å². The zero-order valence-corrected chi connectivity index (χ0v) is 9.11. The number of Topliss-reactive ketones (excluding diaryl/α,β-unsaturated/α-hetero) is 1. The minimum Gasteiger partial charge on any atom is -0.294 e. The predicted octanol–water partition coefficient (Wildman–Crippen LogP) is 2.32. The van der Waals surface area contributed by atoms with Crippen LogP contribution in [0.3, 0.4) is 0 Å². The van der Waals surface area contributed by atoms with Crippen molar-refractivity contribution in [2.75, 3.05) is 0 Å². The zero-order chi connectivity index (χ0) is 12.1. The largest absolute Gasteiger partial charge is 0.453 e. The number of ketones is 1. The van der Waals surface area contributed by atoms with Crippen LogP contribution in [-0.2, 0) is 6.18 Å². The minimum absolute atomic E-state index is 0.0787. The maximum atomic E-state index is 12.3. The Labute approximate surface area is 91.7 Å². The molecular formula is C8H6F3N3OS. The number of rotatable bonds is 1. The Hall–Kier alpha value is -1.44. The molecule has 0 bridgehead atoms. The van der Waals surface area contributed by atoms with Crippen molar-refractivity contribution in [3.05, 3.63) is 16.4 Å². The highest BCUT2D eigenvalue weighted by Gasteiger charge is 2.37. The lowest BCUT2D eigenvalue weighted by Crippen LogP contribution is -2.08. The van der Waals surface area contributed by atoms with Gasteiger partial charge in [-0.25, -0.2) is 4.52 Å². The van der Waals surface area contributed by atoms with E-state index in [0.717, 1.165) is 15.9 Å². The molecule has 0 aliphatic heterocycles. The number of hydrogen-bond acceptors (Lipinski definition) is 4. The van der Waals surface area contributed by atoms with Gasteiger partial charge in [-0.1, -0.05) is 11.3 Å². The first kappa shape index (κ1) is 11.1. The monoisotopic (exact) mass is 249 g/mol. The third kappa shape index (κ3) is 1.58. The first-order valence-corrected chi connectivity index (χ1v) is 5.06. The standard InChI is InChI=1S/C8H6F3N3OS/c1-3-5(4(2)15)16-7-12-6(8(9,10)11)13-14(3)7/h1-2H3. The molecule has 0 atom stereocenters. The number of carbonyl (C=O) groups is 1. The molecule has 0 aromatic carbocycles. The maximum absolute atomic E-state index is 12.3. The van der Waals surface area contributed by atoms with Gasteiger partial charge in [0.15, 0.2) is 5.78 Å². The van der Waals surface area contributed by atoms with Crippen molar-refractivity contribution in [3.8, 4) is 0 Å². The number of nitrogens with zero attached hydrogens (tertiary/aromatic N) is 3. The molecule has 0 N–H and O–H groups in total. The van der Waals surface area contributed by atoms with Crippen LogP contribution in [0.2, 0.25) is 0 Å². The predicted molar refractivity (Wildman–Crippen MR) is 50.6 cm³/mol. The van der Waals surface area contributed by atoms with E-state index in [9.17, 15) is 18.0 Å². The smallest absolute Gasteiger partial charge is 0.294 e. The molecule has 0 saturated heterocycles. The highest BCUT2D eigenvalue weighted by molar-refractivity contribution is 7.19. The Morgan fingerprint density at radius 3 is 2.50 bits per heavy atom. The molecule has 2 aromatic rings. The van der Waals surface area contributed by atoms with Crippen LogP contribution < -0.4 is 0 Å². The Balaban J connectivity index is 2.63. The number of aromatic nitrogens is 3. The SMILES string of the molecule is CC(=O)c1sc2nc(C(F)(F)F)nn2c1C. The summed E-state index contributed by atoms with van der Waals surface area (Å²) in [7, 11) is 0. The Bertz CT molecular complexity index is 569. The Morgan fingerprint density at radius 1 is 1.44 bits per heavy atom. The first-order chi connectivity index (χ1) is 7.30. The van der Waals surface area contributed by atoms with Gasteiger partial charge in [0.05, 0.1) is 10.6 Å². The number of halogens is 3. The Kier molecular flexibility index (Phi) is 2.26. The molecule has 0 radical (unpaired) electrons. The van der Waals surface area contributed by atoms with Crippen LogP contribution in [0.1, 0.15) is 28.1 Å². The fourth-order valence-corrected chi connectivity index (χ4v) is 2.25. The average molecular weight is 249 g/mol. The molecule has 0 aliphatic rings. The number of thiazole rings is 1. The number of aryl methyl sites for hydroxylation is 1. The quantitative estimate of drug-likeness (QED) is 0.729. The second kappa shape index (κ2) is 3.27. The average Bonchev–Trinajstić information content (AvgIpc) is 2.64. The van der Waals surface area contributed by atoms with E-state index in [-0.39, 0.29) is 10.7 Å². The van der Waals surface area contributed by atoms with E-state index in [4.69, 9.17) is 0 Å². The fraction of sp³-hybridized carbons (Fsp3) is 0.375. The second-order valence-corrected chi connectivity index (χ2v) is 4.18. The lowest BCUT2D eigenvalue weighted by atomic mass is 10.3. The number of carbonyl (C=O) groups excluding carboxylic acids is 1. The van der Waals surface area contributed by atoms with E-state index in [0.29, 0.717) is 10.6 Å². The summed E-state index contributed by atoms with van der Waals surface area (Å²) in [5.74, 6) is -1.39. The van der Waals surface area contributed by atoms with Crippen LogP contribution in [-0.4, -0.2) is 20.4 Å². The summed E-state index contributed by atoms with van der Waals surface area (Å²) in [5.41, 5.74) is 0.385. The summed E-state index contributed by atoms with van der Waals surface area (Å²) in [6, 6.07) is 0. The van der Waals surface area contributed by atoms with Crippen molar-refractivity contribution in [2.45, 2.75) is 20.0 Å². The first-order valence-electron chi connectivity index (χ1n) is 4.25. The van der Waals surface area contributed by atoms with Crippen molar-refractivity contribution in [1.29, 1.82) is 0 Å². The van der Waals surface area contributed by atoms with Gasteiger partial charge in [-0.15, -0.1) is 5.10 Å². The maximum Gasteiger partial charge on any atom is 0.453 e. The van der Waals surface area contributed by atoms with Crippen molar-refractivity contribution in [2.24, 2.45) is 0 Å². The molecule has 0 fully saturated rings. The number of fused-ring (bicyclic) bond motifs is 1. The van der Waals surface area contributed by atoms with Crippen LogP contribution in [0.5, 0.6) is 0 Å². The van der Waals surface area contributed by atoms with Gasteiger partial charge in [0, 0.05) is 6.92 Å². The topological polar surface area (TPSA) is 47.3 Å². The van der Waals surface area contributed by atoms with Crippen molar-refractivity contribution in [1.82, 2.24) is 14.6 Å². The molecule has 0 saturated carbocycles. The van der Waals surface area contributed by atoms with Crippen LogP contribution in [0.25, 0.3) is 4.96 Å². The van der Waals surface area contributed by atoms with E-state index in [1.54, 1.807) is 0 Å². The van der Waals surface area contributed by atoms with E-state index < -0.39 is 12.0 Å². The summed E-state index contributed by atoms with van der Waals surface area (Å²) < 4.78 is 37.9. The zero-order valence-electron chi connectivity index (χ0n) is 8.29. The van der Waals surface area contributed by atoms with Gasteiger partial charge in [0.2, 0.25) is 4.96 Å². The number of hydrogen-bond donors (Lipinski definition) is 0. The van der Waals surface area contributed by atoms with Gasteiger partial charge in [0.1, 0.15) is 0 Å². The Morgan fingerprint density at radius 2 is 2.06 bits per heavy atom. The highest BCUT2D eigenvalue weighted by Crippen LogP contribution is 2.29.